The highest BCUT2D eigenvalue weighted by Gasteiger charge is 2.16. The molecule has 1 unspecified atom stereocenters. The van der Waals surface area contributed by atoms with E-state index in [1.165, 1.54) is 13.0 Å². The summed E-state index contributed by atoms with van der Waals surface area (Å²) >= 11 is 8.61. The van der Waals surface area contributed by atoms with Crippen molar-refractivity contribution < 1.29 is 14.3 Å². The molecule has 0 saturated heterocycles. The summed E-state index contributed by atoms with van der Waals surface area (Å²) in [5.74, 6) is -2.37. The van der Waals surface area contributed by atoms with Gasteiger partial charge in [0.2, 0.25) is 0 Å². The van der Waals surface area contributed by atoms with Gasteiger partial charge in [-0.05, 0) is 40.5 Å². The zero-order valence-electron chi connectivity index (χ0n) is 7.22. The van der Waals surface area contributed by atoms with Crippen LogP contribution >= 0.6 is 27.5 Å². The normalized spacial score (nSPS) is 12.6. The quantitative estimate of drug-likeness (QED) is 0.843. The van der Waals surface area contributed by atoms with E-state index in [2.05, 4.69) is 15.9 Å². The molecule has 0 aliphatic heterocycles. The summed E-state index contributed by atoms with van der Waals surface area (Å²) in [5.41, 5.74) is 0.381. The first-order chi connectivity index (χ1) is 6.43. The van der Waals surface area contributed by atoms with E-state index in [-0.39, 0.29) is 5.02 Å². The number of rotatable bonds is 2. The van der Waals surface area contributed by atoms with Gasteiger partial charge >= 0.3 is 5.97 Å². The van der Waals surface area contributed by atoms with Crippen LogP contribution < -0.4 is 0 Å². The molecule has 0 amide bonds. The number of carboxylic acids is 1. The Kier molecular flexibility index (Phi) is 3.50. The van der Waals surface area contributed by atoms with Crippen LogP contribution in [0.1, 0.15) is 18.4 Å². The second-order valence-corrected chi connectivity index (χ2v) is 4.09. The van der Waals surface area contributed by atoms with Crippen molar-refractivity contribution in [1.82, 2.24) is 0 Å². The van der Waals surface area contributed by atoms with Gasteiger partial charge in [0.15, 0.2) is 0 Å². The second kappa shape index (κ2) is 4.28. The maximum absolute atomic E-state index is 13.1. The average molecular weight is 282 g/mol. The van der Waals surface area contributed by atoms with E-state index in [4.69, 9.17) is 16.7 Å². The molecule has 0 aliphatic rings. The fourth-order valence-electron chi connectivity index (χ4n) is 0.968. The van der Waals surface area contributed by atoms with Gasteiger partial charge in [-0.3, -0.25) is 4.79 Å². The Morgan fingerprint density at radius 1 is 1.64 bits per heavy atom. The van der Waals surface area contributed by atoms with E-state index >= 15 is 0 Å². The third-order valence-corrected chi connectivity index (χ3v) is 3.11. The molecule has 1 aromatic rings. The lowest BCUT2D eigenvalue weighted by molar-refractivity contribution is -0.138. The Morgan fingerprint density at radius 2 is 2.21 bits per heavy atom. The van der Waals surface area contributed by atoms with E-state index in [1.54, 1.807) is 0 Å². The van der Waals surface area contributed by atoms with Gasteiger partial charge in [-0.2, -0.15) is 0 Å². The van der Waals surface area contributed by atoms with Crippen molar-refractivity contribution in [3.05, 3.63) is 33.0 Å². The Hall–Kier alpha value is -0.610. The molecule has 1 aromatic carbocycles. The second-order valence-electron chi connectivity index (χ2n) is 2.86. The summed E-state index contributed by atoms with van der Waals surface area (Å²) in [6.07, 6.45) is 0. The van der Waals surface area contributed by atoms with Crippen LogP contribution in [-0.2, 0) is 4.79 Å². The maximum Gasteiger partial charge on any atom is 0.310 e. The molecule has 0 saturated carbocycles. The van der Waals surface area contributed by atoms with Crippen LogP contribution in [0.2, 0.25) is 5.02 Å². The van der Waals surface area contributed by atoms with E-state index in [0.29, 0.717) is 10.0 Å². The number of aliphatic carboxylic acids is 1. The van der Waals surface area contributed by atoms with Crippen LogP contribution in [0.15, 0.2) is 16.6 Å². The molecule has 0 spiro atoms. The third-order valence-electron chi connectivity index (χ3n) is 1.88. The highest BCUT2D eigenvalue weighted by molar-refractivity contribution is 9.10. The Balaban J connectivity index is 3.19. The van der Waals surface area contributed by atoms with E-state index < -0.39 is 17.7 Å². The summed E-state index contributed by atoms with van der Waals surface area (Å²) in [4.78, 5) is 10.6. The van der Waals surface area contributed by atoms with Crippen molar-refractivity contribution in [2.24, 2.45) is 0 Å². The maximum atomic E-state index is 13.1. The van der Waals surface area contributed by atoms with E-state index in [0.717, 1.165) is 6.07 Å². The van der Waals surface area contributed by atoms with Crippen LogP contribution in [0.3, 0.4) is 0 Å². The predicted octanol–water partition coefficient (Wildman–Crippen LogP) is 3.43. The molecule has 0 bridgehead atoms. The summed E-state index contributed by atoms with van der Waals surface area (Å²) in [5, 5.41) is 8.68. The number of carboxylic acid groups (broad SMARTS) is 1. The molecule has 1 rings (SSSR count). The SMILES string of the molecule is CC(C(=O)O)c1cc(F)c(Cl)c(Br)c1. The zero-order valence-corrected chi connectivity index (χ0v) is 9.56. The van der Waals surface area contributed by atoms with Gasteiger partial charge in [0.1, 0.15) is 5.82 Å². The number of halogens is 3. The molecular weight excluding hydrogens is 274 g/mol. The highest BCUT2D eigenvalue weighted by Crippen LogP contribution is 2.29. The van der Waals surface area contributed by atoms with Crippen LogP contribution in [0, 0.1) is 5.82 Å². The number of hydrogen-bond acceptors (Lipinski definition) is 1. The lowest BCUT2D eigenvalue weighted by atomic mass is 10.0. The largest absolute Gasteiger partial charge is 0.481 e. The third kappa shape index (κ3) is 2.25. The Bertz CT molecular complexity index is 358. The van der Waals surface area contributed by atoms with Gasteiger partial charge in [-0.15, -0.1) is 0 Å². The highest BCUT2D eigenvalue weighted by atomic mass is 79.9. The van der Waals surface area contributed by atoms with Crippen molar-refractivity contribution in [3.8, 4) is 0 Å². The summed E-state index contributed by atoms with van der Waals surface area (Å²) in [7, 11) is 0. The van der Waals surface area contributed by atoms with Crippen LogP contribution in [-0.4, -0.2) is 11.1 Å². The zero-order chi connectivity index (χ0) is 10.9. The van der Waals surface area contributed by atoms with Crippen LogP contribution in [0.5, 0.6) is 0 Å². The van der Waals surface area contributed by atoms with Crippen molar-refractivity contribution in [2.45, 2.75) is 12.8 Å². The first kappa shape index (κ1) is 11.5. The van der Waals surface area contributed by atoms with Gasteiger partial charge in [0, 0.05) is 4.47 Å². The topological polar surface area (TPSA) is 37.3 Å². The predicted molar refractivity (Wildman–Crippen MR) is 55.2 cm³/mol. The van der Waals surface area contributed by atoms with Gasteiger partial charge in [0.05, 0.1) is 10.9 Å². The van der Waals surface area contributed by atoms with Gasteiger partial charge in [0.25, 0.3) is 0 Å². The number of carbonyl (C=O) groups is 1. The fraction of sp³-hybridized carbons (Fsp3) is 0.222. The molecule has 0 heterocycles. The number of benzene rings is 1. The van der Waals surface area contributed by atoms with Crippen LogP contribution in [0.4, 0.5) is 4.39 Å². The minimum atomic E-state index is -1.00. The molecular formula is C9H7BrClFO2. The molecule has 2 nitrogen and oxygen atoms in total. The summed E-state index contributed by atoms with van der Waals surface area (Å²) in [6.45, 7) is 1.48. The lowest BCUT2D eigenvalue weighted by Crippen LogP contribution is -2.07. The Labute approximate surface area is 93.8 Å². The minimum absolute atomic E-state index is 0.0358. The molecule has 0 radical (unpaired) electrons. The van der Waals surface area contributed by atoms with Gasteiger partial charge in [-0.25, -0.2) is 4.39 Å². The Morgan fingerprint density at radius 3 is 2.64 bits per heavy atom. The van der Waals surface area contributed by atoms with Crippen molar-refractivity contribution in [2.75, 3.05) is 0 Å². The molecule has 0 aromatic heterocycles. The van der Waals surface area contributed by atoms with Gasteiger partial charge < -0.3 is 5.11 Å². The van der Waals surface area contributed by atoms with Crippen molar-refractivity contribution in [1.29, 1.82) is 0 Å². The standard InChI is InChI=1S/C9H7BrClFO2/c1-4(9(13)14)5-2-6(10)8(11)7(12)3-5/h2-4H,1H3,(H,13,14). The molecule has 1 N–H and O–H groups in total. The van der Waals surface area contributed by atoms with Gasteiger partial charge in [-0.1, -0.05) is 11.6 Å². The molecule has 76 valence electrons. The van der Waals surface area contributed by atoms with Crippen molar-refractivity contribution in [3.63, 3.8) is 0 Å². The smallest absolute Gasteiger partial charge is 0.310 e. The monoisotopic (exact) mass is 280 g/mol. The minimum Gasteiger partial charge on any atom is -0.481 e. The lowest BCUT2D eigenvalue weighted by Gasteiger charge is -2.08. The first-order valence-electron chi connectivity index (χ1n) is 3.80. The summed E-state index contributed by atoms with van der Waals surface area (Å²) in [6, 6.07) is 2.64. The first-order valence-corrected chi connectivity index (χ1v) is 4.98. The van der Waals surface area contributed by atoms with E-state index in [9.17, 15) is 9.18 Å². The molecule has 0 fully saturated rings. The van der Waals surface area contributed by atoms with Crippen molar-refractivity contribution >= 4 is 33.5 Å². The molecule has 0 aliphatic carbocycles. The fourth-order valence-corrected chi connectivity index (χ4v) is 1.53. The average Bonchev–Trinajstić information content (AvgIpc) is 2.12. The molecule has 14 heavy (non-hydrogen) atoms. The van der Waals surface area contributed by atoms with E-state index in [1.807, 2.05) is 0 Å². The number of hydrogen-bond donors (Lipinski definition) is 1. The van der Waals surface area contributed by atoms with Crippen LogP contribution in [0.25, 0.3) is 0 Å². The summed E-state index contributed by atoms with van der Waals surface area (Å²) < 4.78 is 13.5. The molecule has 1 atom stereocenters. The molecule has 5 heteroatoms.